The van der Waals surface area contributed by atoms with Crippen LogP contribution in [0.15, 0.2) is 36.4 Å². The largest absolute Gasteiger partial charge is 0.508 e. The van der Waals surface area contributed by atoms with Gasteiger partial charge in [0.15, 0.2) is 0 Å². The molecule has 5 N–H and O–H groups in total. The molecule has 0 saturated heterocycles. The van der Waals surface area contributed by atoms with E-state index in [1.807, 2.05) is 0 Å². The average molecular weight is 525 g/mol. The lowest BCUT2D eigenvalue weighted by Crippen LogP contribution is -2.23. The van der Waals surface area contributed by atoms with Gasteiger partial charge in [0.2, 0.25) is 0 Å². The van der Waals surface area contributed by atoms with Crippen molar-refractivity contribution < 1.29 is 39.9 Å². The van der Waals surface area contributed by atoms with E-state index in [0.29, 0.717) is 48.8 Å². The molecule has 0 aliphatic rings. The van der Waals surface area contributed by atoms with Gasteiger partial charge < -0.3 is 30.3 Å². The predicted octanol–water partition coefficient (Wildman–Crippen LogP) is 6.33. The van der Waals surface area contributed by atoms with Crippen LogP contribution in [0.5, 0.6) is 23.0 Å². The van der Waals surface area contributed by atoms with Gasteiger partial charge in [-0.3, -0.25) is 9.59 Å². The van der Waals surface area contributed by atoms with Crippen LogP contribution in [0.1, 0.15) is 75.6 Å². The van der Waals surface area contributed by atoms with Crippen molar-refractivity contribution >= 4 is 36.7 Å². The average Bonchev–Trinajstić information content (AvgIpc) is 2.82. The third kappa shape index (κ3) is 8.73. The van der Waals surface area contributed by atoms with Crippen LogP contribution in [0.4, 0.5) is 0 Å². The molecule has 0 spiro atoms. The molecule has 0 bridgehead atoms. The number of carbonyl (C=O) groups excluding carboxylic acids is 1. The maximum Gasteiger partial charge on any atom is 0.309 e. The Hall–Kier alpha value is -4.20. The number of carbonyl (C=O) groups is 2. The molecule has 0 aromatic heterocycles. The van der Waals surface area contributed by atoms with Crippen LogP contribution in [0.2, 0.25) is 0 Å². The number of carboxylic acids is 1. The highest BCUT2D eigenvalue weighted by Crippen LogP contribution is 2.34. The molecule has 2 rings (SSSR count). The molecule has 38 heavy (non-hydrogen) atoms. The van der Waals surface area contributed by atoms with Crippen LogP contribution >= 0.6 is 0 Å². The van der Waals surface area contributed by atoms with Gasteiger partial charge in [-0.1, -0.05) is 36.5 Å². The SMILES string of the molecule is CC(C)(CC/C=C/c1cc(O)cc(/C=C\c2cc(O)cc(/C=C/CCC(C)(C)C(=O)O)c2O)c1O)OC=O. The quantitative estimate of drug-likeness (QED) is 0.116. The zero-order valence-electron chi connectivity index (χ0n) is 22.1. The number of benzene rings is 2. The molecule has 8 nitrogen and oxygen atoms in total. The molecule has 2 aromatic carbocycles. The number of carboxylic acid groups (broad SMARTS) is 1. The number of aliphatic carboxylic acids is 1. The molecular weight excluding hydrogens is 488 g/mol. The van der Waals surface area contributed by atoms with Crippen molar-refractivity contribution in [2.75, 3.05) is 0 Å². The topological polar surface area (TPSA) is 145 Å². The molecule has 0 aliphatic carbocycles. The van der Waals surface area contributed by atoms with E-state index in [1.165, 1.54) is 36.4 Å². The van der Waals surface area contributed by atoms with Gasteiger partial charge in [-0.25, -0.2) is 0 Å². The van der Waals surface area contributed by atoms with Crippen molar-refractivity contribution in [1.29, 1.82) is 0 Å². The highest BCUT2D eigenvalue weighted by atomic mass is 16.5. The van der Waals surface area contributed by atoms with E-state index < -0.39 is 17.0 Å². The number of allylic oxidation sites excluding steroid dienone is 2. The Balaban J connectivity index is 2.22. The fraction of sp³-hybridized carbons (Fsp3) is 0.333. The Bertz CT molecular complexity index is 1240. The summed E-state index contributed by atoms with van der Waals surface area (Å²) in [5, 5.41) is 50.9. The van der Waals surface area contributed by atoms with Crippen LogP contribution < -0.4 is 0 Å². The molecular formula is C30H36O8. The third-order valence-corrected chi connectivity index (χ3v) is 6.14. The van der Waals surface area contributed by atoms with Crippen LogP contribution in [0.25, 0.3) is 24.3 Å². The van der Waals surface area contributed by atoms with Crippen molar-refractivity contribution in [1.82, 2.24) is 0 Å². The summed E-state index contributed by atoms with van der Waals surface area (Å²) in [4.78, 5) is 21.8. The first-order valence-corrected chi connectivity index (χ1v) is 12.2. The van der Waals surface area contributed by atoms with Gasteiger partial charge in [0.05, 0.1) is 5.41 Å². The molecule has 204 valence electrons. The van der Waals surface area contributed by atoms with E-state index in [9.17, 15) is 35.1 Å². The molecule has 2 aromatic rings. The van der Waals surface area contributed by atoms with E-state index in [1.54, 1.807) is 52.0 Å². The molecule has 0 unspecified atom stereocenters. The van der Waals surface area contributed by atoms with Gasteiger partial charge in [0.1, 0.15) is 28.6 Å². The summed E-state index contributed by atoms with van der Waals surface area (Å²) in [6.07, 6.45) is 11.8. The lowest BCUT2D eigenvalue weighted by Gasteiger charge is -2.21. The zero-order chi connectivity index (χ0) is 28.5. The van der Waals surface area contributed by atoms with Gasteiger partial charge in [0, 0.05) is 22.3 Å². The van der Waals surface area contributed by atoms with Gasteiger partial charge in [-0.15, -0.1) is 0 Å². The summed E-state index contributed by atoms with van der Waals surface area (Å²) in [7, 11) is 0. The first kappa shape index (κ1) is 30.0. The number of phenols is 4. The first-order chi connectivity index (χ1) is 17.8. The summed E-state index contributed by atoms with van der Waals surface area (Å²) in [6.45, 7) is 7.28. The Kier molecular flexibility index (Phi) is 10.2. The summed E-state index contributed by atoms with van der Waals surface area (Å²) >= 11 is 0. The second-order valence-corrected chi connectivity index (χ2v) is 10.3. The van der Waals surface area contributed by atoms with Crippen molar-refractivity contribution in [3.05, 3.63) is 58.7 Å². The Morgan fingerprint density at radius 1 is 0.737 bits per heavy atom. The van der Waals surface area contributed by atoms with Crippen LogP contribution in [0.3, 0.4) is 0 Å². The van der Waals surface area contributed by atoms with Gasteiger partial charge in [-0.2, -0.15) is 0 Å². The second kappa shape index (κ2) is 12.9. The van der Waals surface area contributed by atoms with Crippen LogP contribution in [-0.4, -0.2) is 43.6 Å². The summed E-state index contributed by atoms with van der Waals surface area (Å²) in [5.74, 6) is -1.23. The number of aromatic hydroxyl groups is 4. The maximum absolute atomic E-state index is 11.3. The number of phenolic OH excluding ortho intramolecular Hbond substituents is 4. The number of hydrogen-bond donors (Lipinski definition) is 5. The minimum atomic E-state index is -0.888. The highest BCUT2D eigenvalue weighted by molar-refractivity contribution is 5.80. The summed E-state index contributed by atoms with van der Waals surface area (Å²) in [6, 6.07) is 5.54. The van der Waals surface area contributed by atoms with E-state index >= 15 is 0 Å². The second-order valence-electron chi connectivity index (χ2n) is 10.3. The third-order valence-electron chi connectivity index (χ3n) is 6.14. The fourth-order valence-electron chi connectivity index (χ4n) is 3.61. The lowest BCUT2D eigenvalue weighted by molar-refractivity contribution is -0.147. The van der Waals surface area contributed by atoms with Crippen molar-refractivity contribution in [3.63, 3.8) is 0 Å². The molecule has 0 amide bonds. The van der Waals surface area contributed by atoms with E-state index in [4.69, 9.17) is 4.74 Å². The van der Waals surface area contributed by atoms with Crippen LogP contribution in [-0.2, 0) is 14.3 Å². The Morgan fingerprint density at radius 2 is 1.13 bits per heavy atom. The van der Waals surface area contributed by atoms with Gasteiger partial charge >= 0.3 is 5.97 Å². The molecule has 0 saturated carbocycles. The monoisotopic (exact) mass is 524 g/mol. The van der Waals surface area contributed by atoms with Crippen molar-refractivity contribution in [3.8, 4) is 23.0 Å². The van der Waals surface area contributed by atoms with Gasteiger partial charge in [-0.05, 0) is 77.6 Å². The minimum absolute atomic E-state index is 0.0697. The Labute approximate surface area is 222 Å². The summed E-state index contributed by atoms with van der Waals surface area (Å²) in [5.41, 5.74) is -0.182. The number of rotatable bonds is 13. The van der Waals surface area contributed by atoms with Crippen molar-refractivity contribution in [2.24, 2.45) is 5.41 Å². The standard InChI is InChI=1S/C30H36O8/c1-29(2,28(36)37)13-7-5-9-20-15-24(32)17-22(26(20)34)11-12-23-18-25(33)16-21(27(23)35)10-6-8-14-30(3,4)38-19-31/h5-6,9-12,15-19,32-35H,7-8,13-14H2,1-4H3,(H,36,37)/b9-5+,10-6+,12-11-. The summed E-state index contributed by atoms with van der Waals surface area (Å²) < 4.78 is 5.02. The Morgan fingerprint density at radius 3 is 1.53 bits per heavy atom. The molecule has 8 heteroatoms. The lowest BCUT2D eigenvalue weighted by atomic mass is 9.88. The minimum Gasteiger partial charge on any atom is -0.508 e. The van der Waals surface area contributed by atoms with Crippen LogP contribution in [0, 0.1) is 5.41 Å². The molecule has 0 heterocycles. The van der Waals surface area contributed by atoms with Gasteiger partial charge in [0.25, 0.3) is 6.47 Å². The van der Waals surface area contributed by atoms with Crippen molar-refractivity contribution in [2.45, 2.75) is 59.0 Å². The van der Waals surface area contributed by atoms with E-state index in [0.717, 1.165) is 0 Å². The van der Waals surface area contributed by atoms with E-state index in [-0.39, 0.29) is 28.6 Å². The predicted molar refractivity (Wildman–Crippen MR) is 148 cm³/mol. The zero-order valence-corrected chi connectivity index (χ0v) is 22.1. The number of hydrogen-bond acceptors (Lipinski definition) is 7. The number of ether oxygens (including phenoxy) is 1. The molecule has 0 radical (unpaired) electrons. The molecule has 0 atom stereocenters. The highest BCUT2D eigenvalue weighted by Gasteiger charge is 2.25. The fourth-order valence-corrected chi connectivity index (χ4v) is 3.61. The molecule has 0 aliphatic heterocycles. The molecule has 0 fully saturated rings. The first-order valence-electron chi connectivity index (χ1n) is 12.2. The smallest absolute Gasteiger partial charge is 0.309 e. The maximum atomic E-state index is 11.3. The normalized spacial score (nSPS) is 12.5. The van der Waals surface area contributed by atoms with E-state index in [2.05, 4.69) is 0 Å².